The third-order valence-corrected chi connectivity index (χ3v) is 9.63. The number of fused-ring (bicyclic) bond motifs is 1. The van der Waals surface area contributed by atoms with Crippen molar-refractivity contribution in [1.29, 1.82) is 0 Å². The van der Waals surface area contributed by atoms with Crippen LogP contribution in [0.5, 0.6) is 0 Å². The number of halogens is 3. The molecule has 0 radical (unpaired) electrons. The van der Waals surface area contributed by atoms with Crippen LogP contribution in [0.2, 0.25) is 0 Å². The average molecular weight is 522 g/mol. The summed E-state index contributed by atoms with van der Waals surface area (Å²) in [4.78, 5) is 15.8. The summed E-state index contributed by atoms with van der Waals surface area (Å²) in [6.45, 7) is 2.58. The first-order chi connectivity index (χ1) is 17.8. The van der Waals surface area contributed by atoms with Gasteiger partial charge in [0.1, 0.15) is 0 Å². The van der Waals surface area contributed by atoms with E-state index in [1.165, 1.54) is 42.1 Å². The number of hydrazine groups is 2. The van der Waals surface area contributed by atoms with Gasteiger partial charge >= 0.3 is 11.9 Å². The lowest BCUT2D eigenvalue weighted by Gasteiger charge is -2.49. The Morgan fingerprint density at radius 3 is 2.51 bits per heavy atom. The SMILES string of the molecule is CN1CNNC1[C@@H](C1CCC1)C1CC(C2CCNNC2)CC(n2cc3c(C(F)(F)F)cccn3c2=O)C1. The van der Waals surface area contributed by atoms with E-state index in [2.05, 4.69) is 33.7 Å². The summed E-state index contributed by atoms with van der Waals surface area (Å²) in [5, 5.41) is 0. The molecule has 204 valence electrons. The Hall–Kier alpha value is -1.92. The second-order valence-corrected chi connectivity index (χ2v) is 11.7. The second kappa shape index (κ2) is 10.00. The molecule has 4 fully saturated rings. The maximum absolute atomic E-state index is 13.8. The van der Waals surface area contributed by atoms with Crippen LogP contribution in [0, 0.1) is 29.6 Å². The molecular weight excluding hydrogens is 483 g/mol. The Labute approximate surface area is 214 Å². The quantitative estimate of drug-likeness (QED) is 0.485. The number of alkyl halides is 3. The van der Waals surface area contributed by atoms with E-state index < -0.39 is 11.7 Å². The number of aromatic nitrogens is 2. The number of nitrogens with one attached hydrogen (secondary N) is 4. The molecule has 4 N–H and O–H groups in total. The molecule has 8 nitrogen and oxygen atoms in total. The first-order valence-corrected chi connectivity index (χ1v) is 13.7. The zero-order chi connectivity index (χ0) is 25.7. The van der Waals surface area contributed by atoms with E-state index in [-0.39, 0.29) is 23.4 Å². The predicted molar refractivity (Wildman–Crippen MR) is 134 cm³/mol. The fraction of sp³-hybridized carbons (Fsp3) is 0.731. The first-order valence-electron chi connectivity index (χ1n) is 13.7. The van der Waals surface area contributed by atoms with Gasteiger partial charge in [0.25, 0.3) is 0 Å². The highest BCUT2D eigenvalue weighted by Gasteiger charge is 2.46. The van der Waals surface area contributed by atoms with Crippen LogP contribution in [0.3, 0.4) is 0 Å². The largest absolute Gasteiger partial charge is 0.418 e. The molecule has 0 bridgehead atoms. The van der Waals surface area contributed by atoms with E-state index in [9.17, 15) is 18.0 Å². The lowest BCUT2D eigenvalue weighted by Crippen LogP contribution is -2.52. The average Bonchev–Trinajstić information content (AvgIpc) is 3.43. The maximum atomic E-state index is 13.8. The number of rotatable bonds is 5. The molecule has 2 aromatic rings. The van der Waals surface area contributed by atoms with Gasteiger partial charge in [-0.05, 0) is 74.5 Å². The fourth-order valence-corrected chi connectivity index (χ4v) is 7.59. The molecule has 2 aliphatic carbocycles. The van der Waals surface area contributed by atoms with Crippen LogP contribution in [-0.2, 0) is 6.18 Å². The van der Waals surface area contributed by atoms with Crippen molar-refractivity contribution in [2.45, 2.75) is 63.3 Å². The van der Waals surface area contributed by atoms with Crippen molar-refractivity contribution >= 4 is 5.52 Å². The van der Waals surface area contributed by atoms with Crippen LogP contribution < -0.4 is 27.4 Å². The van der Waals surface area contributed by atoms with Gasteiger partial charge in [-0.25, -0.2) is 15.6 Å². The Bertz CT molecular complexity index is 1150. The minimum Gasteiger partial charge on any atom is -0.295 e. The van der Waals surface area contributed by atoms with Gasteiger partial charge in [-0.3, -0.25) is 24.7 Å². The number of nitrogens with zero attached hydrogens (tertiary/aromatic N) is 3. The number of hydrogen-bond acceptors (Lipinski definition) is 6. The summed E-state index contributed by atoms with van der Waals surface area (Å²) in [5.41, 5.74) is 12.2. The topological polar surface area (TPSA) is 77.8 Å². The Balaban J connectivity index is 1.38. The van der Waals surface area contributed by atoms with Crippen LogP contribution in [-0.4, -0.2) is 46.8 Å². The summed E-state index contributed by atoms with van der Waals surface area (Å²) >= 11 is 0. The molecule has 2 saturated carbocycles. The van der Waals surface area contributed by atoms with E-state index in [1.807, 2.05) is 0 Å². The third-order valence-electron chi connectivity index (χ3n) is 9.63. The van der Waals surface area contributed by atoms with Crippen molar-refractivity contribution < 1.29 is 13.2 Å². The highest BCUT2D eigenvalue weighted by molar-refractivity contribution is 5.55. The molecule has 6 rings (SSSR count). The summed E-state index contributed by atoms with van der Waals surface area (Å²) in [5.74, 6) is 2.36. The van der Waals surface area contributed by atoms with Crippen molar-refractivity contribution in [1.82, 2.24) is 35.6 Å². The molecule has 5 unspecified atom stereocenters. The standard InChI is InChI=1S/C26H38F3N7O/c1-34-15-32-33-24(34)23(16-4-2-5-16)19-10-18(17-7-8-30-31-13-17)11-20(12-19)36-14-22-21(26(27,28)29)6-3-9-35(22)25(36)37/h3,6,9,14,16-20,23-24,30-33H,2,4-5,7-8,10-13,15H2,1H3/t17?,18?,19?,20?,23-,24?/m0/s1. The van der Waals surface area contributed by atoms with Crippen LogP contribution >= 0.6 is 0 Å². The van der Waals surface area contributed by atoms with Gasteiger partial charge in [0.15, 0.2) is 0 Å². The minimum atomic E-state index is -4.51. The molecule has 4 heterocycles. The van der Waals surface area contributed by atoms with Crippen LogP contribution in [0.15, 0.2) is 29.3 Å². The van der Waals surface area contributed by atoms with E-state index in [0.29, 0.717) is 29.6 Å². The predicted octanol–water partition coefficient (Wildman–Crippen LogP) is 2.93. The molecule has 2 aromatic heterocycles. The van der Waals surface area contributed by atoms with Crippen molar-refractivity contribution in [3.63, 3.8) is 0 Å². The molecule has 2 saturated heterocycles. The van der Waals surface area contributed by atoms with Gasteiger partial charge in [-0.15, -0.1) is 0 Å². The summed E-state index contributed by atoms with van der Waals surface area (Å²) in [7, 11) is 2.14. The first kappa shape index (κ1) is 25.4. The van der Waals surface area contributed by atoms with E-state index in [4.69, 9.17) is 0 Å². The van der Waals surface area contributed by atoms with E-state index >= 15 is 0 Å². The van der Waals surface area contributed by atoms with Crippen molar-refractivity contribution in [2.24, 2.45) is 29.6 Å². The summed E-state index contributed by atoms with van der Waals surface area (Å²) in [6.07, 6.45) is 6.16. The molecule has 0 spiro atoms. The molecule has 37 heavy (non-hydrogen) atoms. The minimum absolute atomic E-state index is 0.0563. The van der Waals surface area contributed by atoms with Gasteiger partial charge in [0.2, 0.25) is 0 Å². The molecule has 0 aromatic carbocycles. The molecular formula is C26H38F3N7O. The molecule has 4 aliphatic rings. The zero-order valence-corrected chi connectivity index (χ0v) is 21.3. The maximum Gasteiger partial charge on any atom is 0.418 e. The third kappa shape index (κ3) is 4.73. The van der Waals surface area contributed by atoms with Crippen molar-refractivity contribution in [2.75, 3.05) is 26.8 Å². The number of hydrogen-bond donors (Lipinski definition) is 4. The highest BCUT2D eigenvalue weighted by Crippen LogP contribution is 2.50. The van der Waals surface area contributed by atoms with Crippen LogP contribution in [0.4, 0.5) is 13.2 Å². The lowest BCUT2D eigenvalue weighted by molar-refractivity contribution is -0.136. The second-order valence-electron chi connectivity index (χ2n) is 11.7. The molecule has 6 atom stereocenters. The van der Waals surface area contributed by atoms with Gasteiger partial charge in [0.05, 0.1) is 23.9 Å². The molecule has 0 amide bonds. The Morgan fingerprint density at radius 2 is 1.86 bits per heavy atom. The van der Waals surface area contributed by atoms with Gasteiger partial charge in [-0.1, -0.05) is 19.3 Å². The van der Waals surface area contributed by atoms with Gasteiger partial charge in [-0.2, -0.15) is 13.2 Å². The summed E-state index contributed by atoms with van der Waals surface area (Å²) in [6, 6.07) is 2.26. The lowest BCUT2D eigenvalue weighted by atomic mass is 9.61. The number of pyridine rings is 1. The van der Waals surface area contributed by atoms with E-state index in [0.717, 1.165) is 51.5 Å². The zero-order valence-electron chi connectivity index (χ0n) is 21.3. The smallest absolute Gasteiger partial charge is 0.295 e. The molecule has 11 heteroatoms. The fourth-order valence-electron chi connectivity index (χ4n) is 7.59. The van der Waals surface area contributed by atoms with Crippen molar-refractivity contribution in [3.8, 4) is 0 Å². The Morgan fingerprint density at radius 1 is 1.03 bits per heavy atom. The number of imidazole rings is 1. The highest BCUT2D eigenvalue weighted by atomic mass is 19.4. The normalized spacial score (nSPS) is 33.0. The van der Waals surface area contributed by atoms with E-state index in [1.54, 1.807) is 4.57 Å². The molecule has 2 aliphatic heterocycles. The van der Waals surface area contributed by atoms with Crippen molar-refractivity contribution in [3.05, 3.63) is 40.6 Å². The van der Waals surface area contributed by atoms with Crippen LogP contribution in [0.25, 0.3) is 5.52 Å². The van der Waals surface area contributed by atoms with Crippen LogP contribution in [0.1, 0.15) is 56.6 Å². The van der Waals surface area contributed by atoms with Gasteiger partial charge < -0.3 is 0 Å². The van der Waals surface area contributed by atoms with Gasteiger partial charge in [0, 0.05) is 31.5 Å². The Kier molecular flexibility index (Phi) is 6.85. The monoisotopic (exact) mass is 521 g/mol. The summed E-state index contributed by atoms with van der Waals surface area (Å²) < 4.78 is 44.1.